The van der Waals surface area contributed by atoms with Gasteiger partial charge in [-0.3, -0.25) is 10.1 Å². The van der Waals surface area contributed by atoms with Gasteiger partial charge in [-0.05, 0) is 75.4 Å². The molecule has 1 aromatic carbocycles. The van der Waals surface area contributed by atoms with Crippen molar-refractivity contribution < 1.29 is 29.5 Å². The second-order valence-corrected chi connectivity index (χ2v) is 8.40. The van der Waals surface area contributed by atoms with E-state index >= 15 is 0 Å². The van der Waals surface area contributed by atoms with Crippen molar-refractivity contribution in [2.24, 2.45) is 0 Å². The summed E-state index contributed by atoms with van der Waals surface area (Å²) in [6.45, 7) is 5.20. The van der Waals surface area contributed by atoms with Crippen molar-refractivity contribution in [2.45, 2.75) is 44.9 Å². The van der Waals surface area contributed by atoms with Crippen LogP contribution < -0.4 is 10.1 Å². The summed E-state index contributed by atoms with van der Waals surface area (Å²) in [7, 11) is 0. The van der Waals surface area contributed by atoms with Gasteiger partial charge in [0.25, 0.3) is 5.69 Å². The van der Waals surface area contributed by atoms with Crippen molar-refractivity contribution in [3.05, 3.63) is 58.3 Å². The van der Waals surface area contributed by atoms with Crippen molar-refractivity contribution >= 4 is 23.4 Å². The largest absolute Gasteiger partial charge is 0.494 e. The topological polar surface area (TPSA) is 155 Å². The Balaban J connectivity index is 0.000000678. The molecule has 196 valence electrons. The van der Waals surface area contributed by atoms with Gasteiger partial charge < -0.3 is 25.2 Å². The van der Waals surface area contributed by atoms with E-state index in [-0.39, 0.29) is 5.69 Å². The number of anilines is 1. The monoisotopic (exact) mass is 502 g/mol. The minimum absolute atomic E-state index is 0.00924. The molecule has 3 N–H and O–H groups in total. The Kier molecular flexibility index (Phi) is 12.7. The van der Waals surface area contributed by atoms with Crippen LogP contribution in [0.3, 0.4) is 0 Å². The molecule has 0 bridgehead atoms. The zero-order valence-corrected chi connectivity index (χ0v) is 20.3. The van der Waals surface area contributed by atoms with E-state index in [9.17, 15) is 10.1 Å². The maximum atomic E-state index is 10.6. The maximum absolute atomic E-state index is 10.6. The number of unbranched alkanes of at least 4 members (excludes halogenated alkanes) is 1. The molecule has 2 aromatic rings. The van der Waals surface area contributed by atoms with E-state index in [2.05, 4.69) is 39.5 Å². The fourth-order valence-corrected chi connectivity index (χ4v) is 3.68. The normalized spacial score (nSPS) is 13.2. The Morgan fingerprint density at radius 3 is 2.28 bits per heavy atom. The number of hydrogen-bond acceptors (Lipinski definition) is 8. The van der Waals surface area contributed by atoms with Crippen molar-refractivity contribution in [3.63, 3.8) is 0 Å². The molecule has 0 saturated carbocycles. The molecular weight excluding hydrogens is 468 g/mol. The zero-order valence-electron chi connectivity index (χ0n) is 20.3. The smallest absolute Gasteiger partial charge is 0.414 e. The fourth-order valence-electron chi connectivity index (χ4n) is 3.68. The van der Waals surface area contributed by atoms with Gasteiger partial charge in [0.15, 0.2) is 0 Å². The van der Waals surface area contributed by atoms with E-state index in [1.54, 1.807) is 6.07 Å². The highest BCUT2D eigenvalue weighted by molar-refractivity contribution is 6.27. The number of aromatic nitrogens is 1. The predicted octanol–water partition coefficient (Wildman–Crippen LogP) is 3.84. The molecule has 2 heterocycles. The first kappa shape index (κ1) is 28.5. The molecule has 0 spiro atoms. The highest BCUT2D eigenvalue weighted by atomic mass is 16.6. The molecule has 0 amide bonds. The number of carboxylic acid groups (broad SMARTS) is 2. The van der Waals surface area contributed by atoms with Crippen LogP contribution in [0.1, 0.15) is 44.1 Å². The fraction of sp³-hybridized carbons (Fsp3) is 0.480. The third-order valence-electron chi connectivity index (χ3n) is 5.60. The summed E-state index contributed by atoms with van der Waals surface area (Å²) in [6, 6.07) is 11.5. The second kappa shape index (κ2) is 16.0. The minimum Gasteiger partial charge on any atom is -0.494 e. The van der Waals surface area contributed by atoms with Gasteiger partial charge in [-0.1, -0.05) is 18.6 Å². The highest BCUT2D eigenvalue weighted by Gasteiger charge is 2.09. The summed E-state index contributed by atoms with van der Waals surface area (Å²) in [4.78, 5) is 35.0. The van der Waals surface area contributed by atoms with Crippen molar-refractivity contribution in [3.8, 4) is 5.75 Å². The van der Waals surface area contributed by atoms with Gasteiger partial charge >= 0.3 is 11.9 Å². The summed E-state index contributed by atoms with van der Waals surface area (Å²) in [5, 5.41) is 28.6. The number of hydrogen-bond donors (Lipinski definition) is 3. The van der Waals surface area contributed by atoms with Gasteiger partial charge in [-0.15, -0.1) is 0 Å². The number of piperidine rings is 1. The number of pyridine rings is 1. The summed E-state index contributed by atoms with van der Waals surface area (Å²) in [5.74, 6) is -2.03. The third kappa shape index (κ3) is 11.6. The van der Waals surface area contributed by atoms with Crippen LogP contribution in [0, 0.1) is 10.1 Å². The highest BCUT2D eigenvalue weighted by Crippen LogP contribution is 2.15. The average Bonchev–Trinajstić information content (AvgIpc) is 2.88. The first-order valence-corrected chi connectivity index (χ1v) is 12.1. The number of aryl methyl sites for hydroxylation is 1. The molecule has 1 fully saturated rings. The lowest BCUT2D eigenvalue weighted by molar-refractivity contribution is -0.385. The summed E-state index contributed by atoms with van der Waals surface area (Å²) in [5.41, 5.74) is 1.32. The van der Waals surface area contributed by atoms with Crippen LogP contribution in [0.25, 0.3) is 0 Å². The molecule has 11 nitrogen and oxygen atoms in total. The number of nitro groups is 1. The SMILES string of the molecule is O=C(O)C(=O)O.O=[N+]([O-])c1ccc(NCCCCc2ccc(OCCCN3CCCCC3)cc2)nc1. The number of nitrogens with zero attached hydrogens (tertiary/aromatic N) is 3. The van der Waals surface area contributed by atoms with Crippen LogP contribution in [0.4, 0.5) is 11.5 Å². The van der Waals surface area contributed by atoms with Gasteiger partial charge in [0.1, 0.15) is 17.8 Å². The van der Waals surface area contributed by atoms with Crippen LogP contribution in [-0.4, -0.2) is 69.7 Å². The van der Waals surface area contributed by atoms with E-state index in [0.29, 0.717) is 5.82 Å². The van der Waals surface area contributed by atoms with Crippen LogP contribution in [0.15, 0.2) is 42.6 Å². The van der Waals surface area contributed by atoms with Crippen molar-refractivity contribution in [1.29, 1.82) is 0 Å². The number of carboxylic acids is 2. The summed E-state index contributed by atoms with van der Waals surface area (Å²) in [6.07, 6.45) is 9.51. The standard InChI is InChI=1S/C23H32N4O3.C2H2O4/c28-27(29)21-10-13-23(25-19-21)24-14-3-2-7-20-8-11-22(12-9-20)30-18-6-17-26-15-4-1-5-16-26;3-1(4)2(5)6/h8-13,19H,1-7,14-18H2,(H,24,25);(H,3,4)(H,5,6). The Bertz CT molecular complexity index is 934. The number of ether oxygens (including phenoxy) is 1. The lowest BCUT2D eigenvalue weighted by Gasteiger charge is -2.26. The Hall–Kier alpha value is -3.73. The Labute approximate surface area is 210 Å². The molecule has 1 aromatic heterocycles. The van der Waals surface area contributed by atoms with E-state index in [4.69, 9.17) is 24.5 Å². The lowest BCUT2D eigenvalue weighted by Crippen LogP contribution is -2.31. The molecule has 0 aliphatic carbocycles. The first-order chi connectivity index (χ1) is 17.3. The first-order valence-electron chi connectivity index (χ1n) is 12.1. The molecule has 0 unspecified atom stereocenters. The number of aliphatic carboxylic acids is 2. The van der Waals surface area contributed by atoms with Gasteiger partial charge in [-0.25, -0.2) is 14.6 Å². The second-order valence-electron chi connectivity index (χ2n) is 8.40. The number of carbonyl (C=O) groups is 2. The van der Waals surface area contributed by atoms with E-state index in [1.807, 2.05) is 0 Å². The number of likely N-dealkylation sites (tertiary alicyclic amines) is 1. The van der Waals surface area contributed by atoms with Crippen molar-refractivity contribution in [1.82, 2.24) is 9.88 Å². The molecule has 36 heavy (non-hydrogen) atoms. The van der Waals surface area contributed by atoms with Gasteiger partial charge in [-0.2, -0.15) is 0 Å². The number of rotatable bonds is 12. The molecule has 0 atom stereocenters. The molecule has 3 rings (SSSR count). The third-order valence-corrected chi connectivity index (χ3v) is 5.60. The Morgan fingerprint density at radius 2 is 1.69 bits per heavy atom. The van der Waals surface area contributed by atoms with Crippen LogP contribution in [0.5, 0.6) is 5.75 Å². The maximum Gasteiger partial charge on any atom is 0.414 e. The molecule has 11 heteroatoms. The average molecular weight is 503 g/mol. The van der Waals surface area contributed by atoms with E-state index in [0.717, 1.165) is 51.1 Å². The molecule has 1 aliphatic heterocycles. The van der Waals surface area contributed by atoms with E-state index < -0.39 is 16.9 Å². The van der Waals surface area contributed by atoms with Gasteiger partial charge in [0, 0.05) is 19.2 Å². The molecular formula is C25H34N4O7. The molecule has 1 saturated heterocycles. The van der Waals surface area contributed by atoms with Crippen LogP contribution in [-0.2, 0) is 16.0 Å². The zero-order chi connectivity index (χ0) is 26.2. The predicted molar refractivity (Wildman–Crippen MR) is 134 cm³/mol. The van der Waals surface area contributed by atoms with Gasteiger partial charge in [0.2, 0.25) is 0 Å². The quantitative estimate of drug-likeness (QED) is 0.169. The van der Waals surface area contributed by atoms with Crippen molar-refractivity contribution in [2.75, 3.05) is 38.1 Å². The van der Waals surface area contributed by atoms with Crippen LogP contribution in [0.2, 0.25) is 0 Å². The molecule has 1 aliphatic rings. The minimum atomic E-state index is -1.82. The lowest BCUT2D eigenvalue weighted by atomic mass is 10.1. The van der Waals surface area contributed by atoms with E-state index in [1.165, 1.54) is 50.2 Å². The van der Waals surface area contributed by atoms with Crippen LogP contribution >= 0.6 is 0 Å². The summed E-state index contributed by atoms with van der Waals surface area (Å²) < 4.78 is 5.88. The Morgan fingerprint density at radius 1 is 1.00 bits per heavy atom. The van der Waals surface area contributed by atoms with Gasteiger partial charge in [0.05, 0.1) is 11.5 Å². The summed E-state index contributed by atoms with van der Waals surface area (Å²) >= 11 is 0. The molecule has 0 radical (unpaired) electrons. The number of benzene rings is 1. The number of nitrogens with one attached hydrogen (secondary N) is 1.